The number of nitrogens with one attached hydrogen (secondary N) is 2. The average molecular weight is 211 g/mol. The number of hydrogen-bond acceptors (Lipinski definition) is 4. The van der Waals surface area contributed by atoms with Crippen LogP contribution in [0.2, 0.25) is 0 Å². The molecule has 6 heteroatoms. The summed E-state index contributed by atoms with van der Waals surface area (Å²) >= 11 is 4.65. The molecule has 14 heavy (non-hydrogen) atoms. The maximum atomic E-state index is 5.25. The summed E-state index contributed by atoms with van der Waals surface area (Å²) in [6, 6.07) is 1.79. The lowest BCUT2D eigenvalue weighted by molar-refractivity contribution is 0.649. The molecule has 0 aliphatic heterocycles. The Morgan fingerprint density at radius 2 is 2.07 bits per heavy atom. The lowest BCUT2D eigenvalue weighted by Crippen LogP contribution is -2.35. The van der Waals surface area contributed by atoms with Crippen molar-refractivity contribution in [3.05, 3.63) is 24.3 Å². The van der Waals surface area contributed by atoms with Crippen LogP contribution in [0.1, 0.15) is 5.82 Å². The van der Waals surface area contributed by atoms with Crippen molar-refractivity contribution in [3.8, 4) is 0 Å². The molecule has 0 radical (unpaired) electrons. The third kappa shape index (κ3) is 4.68. The molecule has 0 aliphatic rings. The topological polar surface area (TPSA) is 75.9 Å². The van der Waals surface area contributed by atoms with E-state index in [4.69, 9.17) is 5.73 Å². The second-order valence-corrected chi connectivity index (χ2v) is 3.07. The Morgan fingerprint density at radius 1 is 1.36 bits per heavy atom. The summed E-state index contributed by atoms with van der Waals surface area (Å²) in [6.45, 7) is 2.14. The largest absolute Gasteiger partial charge is 0.376 e. The lowest BCUT2D eigenvalue weighted by Gasteiger charge is -2.04. The van der Waals surface area contributed by atoms with Crippen LogP contribution in [-0.2, 0) is 6.54 Å². The molecule has 5 nitrogen and oxygen atoms in total. The summed E-state index contributed by atoms with van der Waals surface area (Å²) in [7, 11) is 0. The summed E-state index contributed by atoms with van der Waals surface area (Å²) in [6.07, 6.45) is 3.44. The highest BCUT2D eigenvalue weighted by atomic mass is 32.1. The molecule has 0 atom stereocenters. The van der Waals surface area contributed by atoms with E-state index in [9.17, 15) is 0 Å². The van der Waals surface area contributed by atoms with Crippen LogP contribution in [-0.4, -0.2) is 28.2 Å². The van der Waals surface area contributed by atoms with Crippen molar-refractivity contribution in [3.63, 3.8) is 0 Å². The molecule has 1 aromatic rings. The fourth-order valence-corrected chi connectivity index (χ4v) is 0.998. The minimum absolute atomic E-state index is 0.322. The quantitative estimate of drug-likeness (QED) is 0.446. The molecule has 0 spiro atoms. The van der Waals surface area contributed by atoms with Crippen LogP contribution in [0.3, 0.4) is 0 Å². The van der Waals surface area contributed by atoms with Crippen LogP contribution in [0.5, 0.6) is 0 Å². The van der Waals surface area contributed by atoms with Gasteiger partial charge < -0.3 is 16.4 Å². The van der Waals surface area contributed by atoms with Gasteiger partial charge in [-0.2, -0.15) is 0 Å². The number of nitrogens with two attached hydrogens (primary N) is 1. The van der Waals surface area contributed by atoms with Crippen molar-refractivity contribution in [2.24, 2.45) is 5.73 Å². The zero-order valence-corrected chi connectivity index (χ0v) is 8.55. The third-order valence-electron chi connectivity index (χ3n) is 1.50. The molecular weight excluding hydrogens is 198 g/mol. The molecule has 0 saturated carbocycles. The first-order valence-electron chi connectivity index (χ1n) is 4.29. The number of hydrogen-bond donors (Lipinski definition) is 3. The predicted molar refractivity (Wildman–Crippen MR) is 58.5 cm³/mol. The van der Waals surface area contributed by atoms with Crippen LogP contribution in [0.4, 0.5) is 0 Å². The Kier molecular flexibility index (Phi) is 4.81. The van der Waals surface area contributed by atoms with Crippen molar-refractivity contribution in [1.29, 1.82) is 0 Å². The van der Waals surface area contributed by atoms with Crippen LogP contribution in [0.15, 0.2) is 18.5 Å². The van der Waals surface area contributed by atoms with Gasteiger partial charge in [-0.1, -0.05) is 0 Å². The van der Waals surface area contributed by atoms with E-state index in [-0.39, 0.29) is 0 Å². The predicted octanol–water partition coefficient (Wildman–Crippen LogP) is -0.601. The molecule has 0 aliphatic carbocycles. The van der Waals surface area contributed by atoms with Crippen molar-refractivity contribution in [2.75, 3.05) is 13.1 Å². The Balaban J connectivity index is 2.08. The summed E-state index contributed by atoms with van der Waals surface area (Å²) in [5.41, 5.74) is 5.25. The van der Waals surface area contributed by atoms with Crippen LogP contribution >= 0.6 is 12.2 Å². The van der Waals surface area contributed by atoms with Crippen molar-refractivity contribution >= 4 is 17.3 Å². The van der Waals surface area contributed by atoms with Gasteiger partial charge in [-0.05, 0) is 18.3 Å². The second kappa shape index (κ2) is 6.22. The number of aromatic nitrogens is 2. The lowest BCUT2D eigenvalue weighted by atomic mass is 10.5. The molecule has 0 unspecified atom stereocenters. The van der Waals surface area contributed by atoms with Gasteiger partial charge in [0.15, 0.2) is 5.11 Å². The van der Waals surface area contributed by atoms with Gasteiger partial charge in [-0.25, -0.2) is 9.97 Å². The van der Waals surface area contributed by atoms with Gasteiger partial charge in [0.25, 0.3) is 0 Å². The van der Waals surface area contributed by atoms with Gasteiger partial charge in [0.2, 0.25) is 0 Å². The minimum atomic E-state index is 0.322. The first-order valence-corrected chi connectivity index (χ1v) is 4.70. The van der Waals surface area contributed by atoms with Crippen molar-refractivity contribution in [1.82, 2.24) is 20.6 Å². The van der Waals surface area contributed by atoms with Gasteiger partial charge in [-0.3, -0.25) is 0 Å². The second-order valence-electron chi connectivity index (χ2n) is 2.63. The van der Waals surface area contributed by atoms with E-state index in [1.165, 1.54) is 0 Å². The van der Waals surface area contributed by atoms with E-state index < -0.39 is 0 Å². The van der Waals surface area contributed by atoms with Crippen molar-refractivity contribution < 1.29 is 0 Å². The number of thiocarbonyl (C=S) groups is 1. The van der Waals surface area contributed by atoms with Gasteiger partial charge in [-0.15, -0.1) is 0 Å². The number of rotatable bonds is 5. The Morgan fingerprint density at radius 3 is 2.71 bits per heavy atom. The van der Waals surface area contributed by atoms with E-state index in [0.29, 0.717) is 18.2 Å². The molecule has 1 heterocycles. The highest BCUT2D eigenvalue weighted by molar-refractivity contribution is 7.80. The minimum Gasteiger partial charge on any atom is -0.376 e. The van der Waals surface area contributed by atoms with Crippen LogP contribution in [0, 0.1) is 0 Å². The Bertz CT molecular complexity index is 276. The molecule has 1 rings (SSSR count). The first-order chi connectivity index (χ1) is 6.79. The summed E-state index contributed by atoms with van der Waals surface area (Å²) in [4.78, 5) is 8.13. The normalized spacial score (nSPS) is 9.71. The van der Waals surface area contributed by atoms with Gasteiger partial charge in [0.1, 0.15) is 5.82 Å². The fourth-order valence-electron chi connectivity index (χ4n) is 0.896. The van der Waals surface area contributed by atoms with E-state index >= 15 is 0 Å². The van der Waals surface area contributed by atoms with Gasteiger partial charge >= 0.3 is 0 Å². The third-order valence-corrected chi connectivity index (χ3v) is 1.65. The van der Waals surface area contributed by atoms with E-state index in [1.807, 2.05) is 0 Å². The SMILES string of the molecule is NC(=S)NCCNCc1ncccn1. The maximum Gasteiger partial charge on any atom is 0.163 e. The molecule has 76 valence electrons. The molecule has 0 fully saturated rings. The number of nitrogens with zero attached hydrogens (tertiary/aromatic N) is 2. The molecule has 1 aromatic heterocycles. The zero-order chi connectivity index (χ0) is 10.2. The van der Waals surface area contributed by atoms with E-state index in [0.717, 1.165) is 12.4 Å². The summed E-state index contributed by atoms with van der Waals surface area (Å²) in [5, 5.41) is 6.31. The monoisotopic (exact) mass is 211 g/mol. The average Bonchev–Trinajstić information content (AvgIpc) is 2.18. The fraction of sp³-hybridized carbons (Fsp3) is 0.375. The van der Waals surface area contributed by atoms with Crippen LogP contribution in [0.25, 0.3) is 0 Å². The molecule has 0 aromatic carbocycles. The van der Waals surface area contributed by atoms with Crippen molar-refractivity contribution in [2.45, 2.75) is 6.54 Å². The van der Waals surface area contributed by atoms with Gasteiger partial charge in [0.05, 0.1) is 6.54 Å². The first kappa shape index (κ1) is 10.8. The highest BCUT2D eigenvalue weighted by Gasteiger charge is 1.93. The smallest absolute Gasteiger partial charge is 0.163 e. The maximum absolute atomic E-state index is 5.25. The molecular formula is C8H13N5S. The summed E-state index contributed by atoms with van der Waals surface area (Å²) < 4.78 is 0. The van der Waals surface area contributed by atoms with Crippen LogP contribution < -0.4 is 16.4 Å². The summed E-state index contributed by atoms with van der Waals surface area (Å²) in [5.74, 6) is 0.780. The molecule has 4 N–H and O–H groups in total. The van der Waals surface area contributed by atoms with E-state index in [1.54, 1.807) is 18.5 Å². The standard InChI is InChI=1S/C8H13N5S/c9-8(14)13-5-4-10-6-7-11-2-1-3-12-7/h1-3,10H,4-6H2,(H3,9,13,14). The van der Waals surface area contributed by atoms with E-state index in [2.05, 4.69) is 32.8 Å². The highest BCUT2D eigenvalue weighted by Crippen LogP contribution is 1.84. The zero-order valence-electron chi connectivity index (χ0n) is 7.73. The molecule has 0 amide bonds. The molecule has 0 saturated heterocycles. The Hall–Kier alpha value is -1.27. The molecule has 0 bridgehead atoms. The van der Waals surface area contributed by atoms with Gasteiger partial charge in [0, 0.05) is 25.5 Å². The Labute approximate surface area is 88.1 Å².